The number of nitrogens with zero attached hydrogens (tertiary/aromatic N) is 2. The Hall–Kier alpha value is -3.06. The molecule has 0 amide bonds. The third-order valence-electron chi connectivity index (χ3n) is 3.50. The van der Waals surface area contributed by atoms with Crippen molar-refractivity contribution in [3.8, 4) is 6.07 Å². The van der Waals surface area contributed by atoms with Crippen molar-refractivity contribution in [1.29, 1.82) is 5.26 Å². The first-order chi connectivity index (χ1) is 10.2. The van der Waals surface area contributed by atoms with Crippen LogP contribution in [-0.4, -0.2) is 15.6 Å². The van der Waals surface area contributed by atoms with E-state index in [0.717, 1.165) is 16.5 Å². The lowest BCUT2D eigenvalue weighted by molar-refractivity contribution is 0.0697. The fourth-order valence-corrected chi connectivity index (χ4v) is 2.41. The van der Waals surface area contributed by atoms with Crippen molar-refractivity contribution in [2.24, 2.45) is 0 Å². The zero-order chi connectivity index (χ0) is 14.8. The van der Waals surface area contributed by atoms with E-state index < -0.39 is 5.97 Å². The Labute approximate surface area is 121 Å². The van der Waals surface area contributed by atoms with Crippen LogP contribution in [0.15, 0.2) is 54.7 Å². The highest BCUT2D eigenvalue weighted by Crippen LogP contribution is 2.20. The Morgan fingerprint density at radius 1 is 1.19 bits per heavy atom. The van der Waals surface area contributed by atoms with E-state index in [2.05, 4.69) is 6.07 Å². The van der Waals surface area contributed by atoms with Crippen molar-refractivity contribution in [2.45, 2.75) is 6.54 Å². The molecule has 21 heavy (non-hydrogen) atoms. The molecule has 4 nitrogen and oxygen atoms in total. The predicted molar refractivity (Wildman–Crippen MR) is 79.2 cm³/mol. The summed E-state index contributed by atoms with van der Waals surface area (Å²) < 4.78 is 1.96. The molecule has 0 aliphatic heterocycles. The van der Waals surface area contributed by atoms with Gasteiger partial charge in [-0.15, -0.1) is 0 Å². The minimum Gasteiger partial charge on any atom is -0.478 e. The van der Waals surface area contributed by atoms with Gasteiger partial charge in [0.15, 0.2) is 0 Å². The zero-order valence-electron chi connectivity index (χ0n) is 11.2. The summed E-state index contributed by atoms with van der Waals surface area (Å²) in [6.07, 6.45) is 1.91. The molecule has 0 saturated heterocycles. The maximum atomic E-state index is 11.1. The van der Waals surface area contributed by atoms with Crippen molar-refractivity contribution in [3.05, 3.63) is 71.4 Å². The van der Waals surface area contributed by atoms with Gasteiger partial charge in [0.2, 0.25) is 0 Å². The third-order valence-corrected chi connectivity index (χ3v) is 3.50. The molecule has 2 aromatic carbocycles. The van der Waals surface area contributed by atoms with Crippen molar-refractivity contribution >= 4 is 16.9 Å². The molecular formula is C17H12N2O2. The molecule has 4 heteroatoms. The quantitative estimate of drug-likeness (QED) is 0.798. The molecule has 0 atom stereocenters. The molecule has 0 radical (unpaired) electrons. The van der Waals surface area contributed by atoms with Gasteiger partial charge < -0.3 is 9.67 Å². The molecule has 0 fully saturated rings. The van der Waals surface area contributed by atoms with Gasteiger partial charge in [0.05, 0.1) is 17.2 Å². The molecule has 1 aromatic heterocycles. The second-order valence-electron chi connectivity index (χ2n) is 4.79. The van der Waals surface area contributed by atoms with Crippen molar-refractivity contribution < 1.29 is 9.90 Å². The van der Waals surface area contributed by atoms with E-state index in [9.17, 15) is 4.79 Å². The Kier molecular flexibility index (Phi) is 3.17. The number of carboxylic acid groups (broad SMARTS) is 1. The van der Waals surface area contributed by atoms with Gasteiger partial charge in [0.1, 0.15) is 0 Å². The monoisotopic (exact) mass is 276 g/mol. The number of fused-ring (bicyclic) bond motifs is 1. The molecular weight excluding hydrogens is 264 g/mol. The van der Waals surface area contributed by atoms with Crippen LogP contribution in [0.1, 0.15) is 21.5 Å². The number of hydrogen-bond donors (Lipinski definition) is 1. The van der Waals surface area contributed by atoms with Gasteiger partial charge in [0, 0.05) is 18.3 Å². The lowest BCUT2D eigenvalue weighted by Gasteiger charge is -2.08. The highest BCUT2D eigenvalue weighted by Gasteiger charge is 2.08. The van der Waals surface area contributed by atoms with Crippen LogP contribution in [0, 0.1) is 11.3 Å². The summed E-state index contributed by atoms with van der Waals surface area (Å²) in [4.78, 5) is 11.1. The van der Waals surface area contributed by atoms with Crippen LogP contribution in [0.25, 0.3) is 10.9 Å². The largest absolute Gasteiger partial charge is 0.478 e. The van der Waals surface area contributed by atoms with Crippen molar-refractivity contribution in [2.75, 3.05) is 0 Å². The number of aromatic nitrogens is 1. The summed E-state index contributed by atoms with van der Waals surface area (Å²) >= 11 is 0. The number of benzene rings is 2. The SMILES string of the molecule is N#Cc1ccccc1Cn1ccc2ccc(C(=O)O)cc21. The van der Waals surface area contributed by atoms with Gasteiger partial charge in [0.25, 0.3) is 0 Å². The second kappa shape index (κ2) is 5.14. The highest BCUT2D eigenvalue weighted by molar-refractivity contribution is 5.93. The molecule has 0 bridgehead atoms. The fraction of sp³-hybridized carbons (Fsp3) is 0.0588. The average Bonchev–Trinajstić information content (AvgIpc) is 2.90. The zero-order valence-corrected chi connectivity index (χ0v) is 11.2. The summed E-state index contributed by atoms with van der Waals surface area (Å²) in [5, 5.41) is 19.2. The Bertz CT molecular complexity index is 872. The van der Waals surface area contributed by atoms with Crippen molar-refractivity contribution in [1.82, 2.24) is 4.57 Å². The van der Waals surface area contributed by atoms with E-state index >= 15 is 0 Å². The van der Waals surface area contributed by atoms with Crippen molar-refractivity contribution in [3.63, 3.8) is 0 Å². The maximum absolute atomic E-state index is 11.1. The van der Waals surface area contributed by atoms with Gasteiger partial charge in [-0.05, 0) is 35.2 Å². The number of carbonyl (C=O) groups is 1. The molecule has 0 spiro atoms. The molecule has 0 aliphatic rings. The highest BCUT2D eigenvalue weighted by atomic mass is 16.4. The lowest BCUT2D eigenvalue weighted by Crippen LogP contribution is -2.01. The Balaban J connectivity index is 2.07. The fourth-order valence-electron chi connectivity index (χ4n) is 2.41. The van der Waals surface area contributed by atoms with E-state index in [4.69, 9.17) is 10.4 Å². The topological polar surface area (TPSA) is 66.0 Å². The first-order valence-corrected chi connectivity index (χ1v) is 6.49. The molecule has 0 aliphatic carbocycles. The van der Waals surface area contributed by atoms with Crippen LogP contribution in [0.2, 0.25) is 0 Å². The summed E-state index contributed by atoms with van der Waals surface area (Å²) in [5.41, 5.74) is 2.66. The molecule has 0 saturated carbocycles. The average molecular weight is 276 g/mol. The van der Waals surface area contributed by atoms with Crippen LogP contribution < -0.4 is 0 Å². The first-order valence-electron chi connectivity index (χ1n) is 6.49. The van der Waals surface area contributed by atoms with Gasteiger partial charge in [-0.25, -0.2) is 4.79 Å². The van der Waals surface area contributed by atoms with E-state index in [0.29, 0.717) is 12.1 Å². The molecule has 3 rings (SSSR count). The third kappa shape index (κ3) is 2.37. The van der Waals surface area contributed by atoms with Crippen LogP contribution >= 0.6 is 0 Å². The smallest absolute Gasteiger partial charge is 0.335 e. The molecule has 0 unspecified atom stereocenters. The normalized spacial score (nSPS) is 10.4. The number of hydrogen-bond acceptors (Lipinski definition) is 2. The van der Waals surface area contributed by atoms with Crippen LogP contribution in [0.5, 0.6) is 0 Å². The standard InChI is InChI=1S/C17H12N2O2/c18-10-14-3-1-2-4-15(14)11-19-8-7-12-5-6-13(17(20)21)9-16(12)19/h1-9H,11H2,(H,20,21). The predicted octanol–water partition coefficient (Wildman–Crippen LogP) is 3.26. The van der Waals surface area contributed by atoms with E-state index in [1.54, 1.807) is 24.3 Å². The maximum Gasteiger partial charge on any atom is 0.335 e. The summed E-state index contributed by atoms with van der Waals surface area (Å²) in [5.74, 6) is -0.943. The first kappa shape index (κ1) is 12.9. The Morgan fingerprint density at radius 2 is 2.00 bits per heavy atom. The lowest BCUT2D eigenvalue weighted by atomic mass is 10.1. The molecule has 102 valence electrons. The Morgan fingerprint density at radius 3 is 2.76 bits per heavy atom. The molecule has 1 heterocycles. The second-order valence-corrected chi connectivity index (χ2v) is 4.79. The number of nitriles is 1. The van der Waals surface area contributed by atoms with Crippen LogP contribution in [-0.2, 0) is 6.54 Å². The summed E-state index contributed by atoms with van der Waals surface area (Å²) in [7, 11) is 0. The number of aromatic carboxylic acids is 1. The van der Waals surface area contributed by atoms with Gasteiger partial charge in [-0.2, -0.15) is 5.26 Å². The van der Waals surface area contributed by atoms with Gasteiger partial charge in [-0.3, -0.25) is 0 Å². The van der Waals surface area contributed by atoms with Crippen LogP contribution in [0.4, 0.5) is 0 Å². The van der Waals surface area contributed by atoms with E-state index in [1.165, 1.54) is 0 Å². The molecule has 3 aromatic rings. The molecule has 1 N–H and O–H groups in total. The van der Waals surface area contributed by atoms with E-state index in [-0.39, 0.29) is 5.56 Å². The number of rotatable bonds is 3. The summed E-state index contributed by atoms with van der Waals surface area (Å²) in [6.45, 7) is 0.538. The van der Waals surface area contributed by atoms with Crippen LogP contribution in [0.3, 0.4) is 0 Å². The van der Waals surface area contributed by atoms with E-state index in [1.807, 2.05) is 35.0 Å². The van der Waals surface area contributed by atoms with Gasteiger partial charge in [-0.1, -0.05) is 24.3 Å². The number of carboxylic acids is 1. The minimum absolute atomic E-state index is 0.260. The summed E-state index contributed by atoms with van der Waals surface area (Å²) in [6, 6.07) is 16.6. The van der Waals surface area contributed by atoms with Gasteiger partial charge >= 0.3 is 5.97 Å². The minimum atomic E-state index is -0.943.